The van der Waals surface area contributed by atoms with E-state index in [0.29, 0.717) is 18.5 Å². The highest BCUT2D eigenvalue weighted by Gasteiger charge is 2.22. The molecule has 0 bridgehead atoms. The second kappa shape index (κ2) is 9.61. The van der Waals surface area contributed by atoms with Crippen LogP contribution in [0.15, 0.2) is 42.5 Å². The molecule has 2 aromatic rings. The van der Waals surface area contributed by atoms with Crippen molar-refractivity contribution in [1.29, 1.82) is 0 Å². The molecule has 1 N–H and O–H groups in total. The number of carbonyl (C=O) groups is 3. The first-order valence-electron chi connectivity index (χ1n) is 8.25. The van der Waals surface area contributed by atoms with Gasteiger partial charge in [0.05, 0.1) is 4.92 Å². The van der Waals surface area contributed by atoms with Gasteiger partial charge in [-0.3, -0.25) is 19.7 Å². The van der Waals surface area contributed by atoms with E-state index in [9.17, 15) is 24.5 Å². The number of nitro benzene ring substituents is 1. The molecule has 146 valence electrons. The van der Waals surface area contributed by atoms with Crippen LogP contribution in [-0.2, 0) is 16.0 Å². The Hall–Kier alpha value is -3.26. The van der Waals surface area contributed by atoms with Crippen molar-refractivity contribution in [3.8, 4) is 0 Å². The molecule has 2 rings (SSSR count). The van der Waals surface area contributed by atoms with Gasteiger partial charge >= 0.3 is 5.97 Å². The van der Waals surface area contributed by atoms with Crippen molar-refractivity contribution in [3.63, 3.8) is 0 Å². The lowest BCUT2D eigenvalue weighted by Gasteiger charge is -2.07. The standard InChI is InChI=1S/C19H17ClN2O6/c1-12(23)21-9-8-13-2-4-14(5-3-13)18(24)11-28-19(25)16-7-6-15(20)10-17(16)22(26)27/h2-7,10H,8-9,11H2,1H3,(H,21,23). The average Bonchev–Trinajstić information content (AvgIpc) is 2.66. The molecule has 0 spiro atoms. The molecule has 0 unspecified atom stereocenters. The van der Waals surface area contributed by atoms with Crippen LogP contribution < -0.4 is 5.32 Å². The minimum absolute atomic E-state index is 0.109. The van der Waals surface area contributed by atoms with Crippen molar-refractivity contribution >= 4 is 34.9 Å². The maximum atomic E-state index is 12.2. The lowest BCUT2D eigenvalue weighted by atomic mass is 10.1. The van der Waals surface area contributed by atoms with Crippen LogP contribution in [0.2, 0.25) is 5.02 Å². The maximum absolute atomic E-state index is 12.2. The molecule has 28 heavy (non-hydrogen) atoms. The Bertz CT molecular complexity index is 911. The van der Waals surface area contributed by atoms with Gasteiger partial charge in [-0.2, -0.15) is 0 Å². The number of Topliss-reactive ketones (excluding diaryl/α,β-unsaturated/α-hetero) is 1. The van der Waals surface area contributed by atoms with Crippen LogP contribution in [0.3, 0.4) is 0 Å². The summed E-state index contributed by atoms with van der Waals surface area (Å²) in [6.45, 7) is 1.37. The van der Waals surface area contributed by atoms with Crippen LogP contribution in [0.1, 0.15) is 33.2 Å². The van der Waals surface area contributed by atoms with Crippen molar-refractivity contribution in [2.75, 3.05) is 13.2 Å². The fourth-order valence-corrected chi connectivity index (χ4v) is 2.53. The monoisotopic (exact) mass is 404 g/mol. The fourth-order valence-electron chi connectivity index (χ4n) is 2.36. The highest BCUT2D eigenvalue weighted by atomic mass is 35.5. The number of rotatable bonds is 8. The Kier molecular flexibility index (Phi) is 7.22. The van der Waals surface area contributed by atoms with Crippen molar-refractivity contribution < 1.29 is 24.0 Å². The average molecular weight is 405 g/mol. The zero-order valence-corrected chi connectivity index (χ0v) is 15.7. The largest absolute Gasteiger partial charge is 0.454 e. The number of nitrogens with zero attached hydrogens (tertiary/aromatic N) is 1. The number of amides is 1. The number of nitrogens with one attached hydrogen (secondary N) is 1. The first-order chi connectivity index (χ1) is 13.3. The summed E-state index contributed by atoms with van der Waals surface area (Å²) in [6, 6.07) is 10.2. The minimum Gasteiger partial charge on any atom is -0.454 e. The molecular formula is C19H17ClN2O6. The molecule has 0 aliphatic heterocycles. The molecule has 0 aliphatic rings. The van der Waals surface area contributed by atoms with Crippen LogP contribution in [0.4, 0.5) is 5.69 Å². The number of carbonyl (C=O) groups excluding carboxylic acids is 3. The number of hydrogen-bond acceptors (Lipinski definition) is 6. The first-order valence-corrected chi connectivity index (χ1v) is 8.63. The fraction of sp³-hybridized carbons (Fsp3) is 0.211. The lowest BCUT2D eigenvalue weighted by molar-refractivity contribution is -0.385. The quantitative estimate of drug-likeness (QED) is 0.313. The molecule has 1 amide bonds. The van der Waals surface area contributed by atoms with Crippen molar-refractivity contribution in [1.82, 2.24) is 5.32 Å². The molecule has 0 atom stereocenters. The van der Waals surface area contributed by atoms with E-state index in [1.807, 2.05) is 0 Å². The second-order valence-corrected chi connectivity index (χ2v) is 6.28. The Morgan fingerprint density at radius 1 is 1.14 bits per heavy atom. The van der Waals surface area contributed by atoms with Gasteiger partial charge in [0.1, 0.15) is 5.56 Å². The number of ether oxygens (including phenoxy) is 1. The molecule has 0 fully saturated rings. The summed E-state index contributed by atoms with van der Waals surface area (Å²) in [4.78, 5) is 45.4. The minimum atomic E-state index is -0.983. The summed E-state index contributed by atoms with van der Waals surface area (Å²) >= 11 is 5.70. The molecule has 0 radical (unpaired) electrons. The Balaban J connectivity index is 1.96. The zero-order chi connectivity index (χ0) is 20.7. The Morgan fingerprint density at radius 3 is 2.43 bits per heavy atom. The van der Waals surface area contributed by atoms with Gasteiger partial charge < -0.3 is 10.1 Å². The third-order valence-corrected chi connectivity index (χ3v) is 4.01. The molecule has 0 heterocycles. The molecule has 0 aromatic heterocycles. The predicted molar refractivity (Wildman–Crippen MR) is 102 cm³/mol. The smallest absolute Gasteiger partial charge is 0.345 e. The number of benzene rings is 2. The number of hydrogen-bond donors (Lipinski definition) is 1. The molecule has 0 saturated heterocycles. The second-order valence-electron chi connectivity index (χ2n) is 5.85. The third-order valence-electron chi connectivity index (χ3n) is 3.77. The van der Waals surface area contributed by atoms with E-state index in [2.05, 4.69) is 5.32 Å². The third kappa shape index (κ3) is 5.88. The van der Waals surface area contributed by atoms with Crippen molar-refractivity contribution in [2.45, 2.75) is 13.3 Å². The number of esters is 1. The van der Waals surface area contributed by atoms with E-state index in [1.54, 1.807) is 24.3 Å². The van der Waals surface area contributed by atoms with Crippen molar-refractivity contribution in [3.05, 3.63) is 74.3 Å². The van der Waals surface area contributed by atoms with E-state index in [0.717, 1.165) is 11.6 Å². The van der Waals surface area contributed by atoms with Gasteiger partial charge in [0.15, 0.2) is 12.4 Å². The summed E-state index contributed by atoms with van der Waals surface area (Å²) < 4.78 is 4.91. The number of nitro groups is 1. The summed E-state index contributed by atoms with van der Waals surface area (Å²) in [7, 11) is 0. The predicted octanol–water partition coefficient (Wildman–Crippen LogP) is 2.97. The van der Waals surface area contributed by atoms with Crippen LogP contribution in [0.25, 0.3) is 0 Å². The zero-order valence-electron chi connectivity index (χ0n) is 14.9. The normalized spacial score (nSPS) is 10.2. The summed E-state index contributed by atoms with van der Waals surface area (Å²) in [5.74, 6) is -1.54. The Labute approximate surface area is 165 Å². The van der Waals surface area contributed by atoms with Gasteiger partial charge in [-0.25, -0.2) is 4.79 Å². The van der Waals surface area contributed by atoms with Crippen LogP contribution in [0.5, 0.6) is 0 Å². The van der Waals surface area contributed by atoms with E-state index in [-0.39, 0.29) is 16.5 Å². The van der Waals surface area contributed by atoms with E-state index in [1.165, 1.54) is 19.1 Å². The van der Waals surface area contributed by atoms with E-state index >= 15 is 0 Å². The van der Waals surface area contributed by atoms with E-state index < -0.39 is 29.0 Å². The van der Waals surface area contributed by atoms with Crippen LogP contribution >= 0.6 is 11.6 Å². The topological polar surface area (TPSA) is 116 Å². The van der Waals surface area contributed by atoms with Crippen molar-refractivity contribution in [2.24, 2.45) is 0 Å². The highest BCUT2D eigenvalue weighted by Crippen LogP contribution is 2.24. The molecule has 9 heteroatoms. The lowest BCUT2D eigenvalue weighted by Crippen LogP contribution is -2.22. The van der Waals surface area contributed by atoms with Gasteiger partial charge in [0.25, 0.3) is 5.69 Å². The molecule has 8 nitrogen and oxygen atoms in total. The molecule has 0 saturated carbocycles. The number of ketones is 1. The summed E-state index contributed by atoms with van der Waals surface area (Å²) in [5, 5.41) is 13.8. The van der Waals surface area contributed by atoms with Gasteiger partial charge in [0.2, 0.25) is 5.91 Å². The van der Waals surface area contributed by atoms with Gasteiger partial charge in [-0.1, -0.05) is 35.9 Å². The maximum Gasteiger partial charge on any atom is 0.345 e. The first kappa shape index (κ1) is 21.0. The van der Waals surface area contributed by atoms with Gasteiger partial charge in [-0.15, -0.1) is 0 Å². The highest BCUT2D eigenvalue weighted by molar-refractivity contribution is 6.31. The van der Waals surface area contributed by atoms with Gasteiger partial charge in [0, 0.05) is 30.1 Å². The van der Waals surface area contributed by atoms with Crippen LogP contribution in [-0.4, -0.2) is 35.7 Å². The van der Waals surface area contributed by atoms with Crippen LogP contribution in [0, 0.1) is 10.1 Å². The molecular weight excluding hydrogens is 388 g/mol. The summed E-state index contributed by atoms with van der Waals surface area (Å²) in [6.07, 6.45) is 0.614. The van der Waals surface area contributed by atoms with E-state index in [4.69, 9.17) is 16.3 Å². The molecule has 0 aliphatic carbocycles. The number of halogens is 1. The molecule has 2 aromatic carbocycles. The van der Waals surface area contributed by atoms with Gasteiger partial charge in [-0.05, 0) is 24.1 Å². The Morgan fingerprint density at radius 2 is 1.82 bits per heavy atom. The SMILES string of the molecule is CC(=O)NCCc1ccc(C(=O)COC(=O)c2ccc(Cl)cc2[N+](=O)[O-])cc1. The summed E-state index contributed by atoms with van der Waals surface area (Å²) in [5.41, 5.74) is 0.491.